The van der Waals surface area contributed by atoms with Crippen LogP contribution in [0.4, 0.5) is 4.39 Å². The van der Waals surface area contributed by atoms with Gasteiger partial charge in [-0.25, -0.2) is 4.39 Å². The van der Waals surface area contributed by atoms with Gasteiger partial charge in [-0.2, -0.15) is 0 Å². The quantitative estimate of drug-likeness (QED) is 0.692. The molecule has 19 heavy (non-hydrogen) atoms. The molecule has 0 aliphatic heterocycles. The third-order valence-electron chi connectivity index (χ3n) is 3.23. The molecule has 0 aliphatic rings. The Morgan fingerprint density at radius 1 is 0.842 bits per heavy atom. The molecule has 91 valence electrons. The van der Waals surface area contributed by atoms with Crippen LogP contribution < -0.4 is 5.46 Å². The molecule has 0 spiro atoms. The molecular weight excluding hydrogens is 238 g/mol. The number of fused-ring (bicyclic) bond motifs is 1. The molecule has 0 fully saturated rings. The summed E-state index contributed by atoms with van der Waals surface area (Å²) in [6.07, 6.45) is 0. The molecule has 1 radical (unpaired) electrons. The first-order valence-corrected chi connectivity index (χ1v) is 6.05. The average molecular weight is 249 g/mol. The van der Waals surface area contributed by atoms with E-state index < -0.39 is 0 Å². The van der Waals surface area contributed by atoms with Crippen LogP contribution in [0.25, 0.3) is 21.9 Å². The van der Waals surface area contributed by atoms with E-state index in [1.54, 1.807) is 6.07 Å². The maximum absolute atomic E-state index is 13.5. The molecule has 1 N–H and O–H groups in total. The van der Waals surface area contributed by atoms with Gasteiger partial charge in [0.15, 0.2) is 0 Å². The first-order chi connectivity index (χ1) is 9.29. The van der Waals surface area contributed by atoms with E-state index in [1.165, 1.54) is 12.1 Å². The summed E-state index contributed by atoms with van der Waals surface area (Å²) in [5.41, 5.74) is 2.22. The highest BCUT2D eigenvalue weighted by Gasteiger charge is 2.10. The molecule has 0 atom stereocenters. The van der Waals surface area contributed by atoms with Gasteiger partial charge in [0.25, 0.3) is 0 Å². The van der Waals surface area contributed by atoms with Gasteiger partial charge in [0, 0.05) is 0 Å². The van der Waals surface area contributed by atoms with E-state index in [0.717, 1.165) is 23.8 Å². The molecule has 3 heteroatoms. The van der Waals surface area contributed by atoms with E-state index in [2.05, 4.69) is 0 Å². The van der Waals surface area contributed by atoms with E-state index in [-0.39, 0.29) is 5.82 Å². The van der Waals surface area contributed by atoms with Crippen molar-refractivity contribution in [1.29, 1.82) is 0 Å². The van der Waals surface area contributed by atoms with E-state index in [0.29, 0.717) is 11.0 Å². The van der Waals surface area contributed by atoms with Gasteiger partial charge in [0.1, 0.15) is 5.82 Å². The smallest absolute Gasteiger partial charge is 0.327 e. The fraction of sp³-hybridized carbons (Fsp3) is 0. The molecule has 0 saturated carbocycles. The minimum absolute atomic E-state index is 0.312. The lowest BCUT2D eigenvalue weighted by Crippen LogP contribution is -2.16. The SMILES string of the molecule is O[B]c1ccc(F)cc1-c1cccc2ccccc12. The third kappa shape index (κ3) is 2.13. The Morgan fingerprint density at radius 3 is 2.47 bits per heavy atom. The summed E-state index contributed by atoms with van der Waals surface area (Å²) >= 11 is 0. The molecular formula is C16H11BFO. The van der Waals surface area contributed by atoms with Crippen LogP contribution in [0.3, 0.4) is 0 Å². The molecule has 0 bridgehead atoms. The van der Waals surface area contributed by atoms with Crippen LogP contribution in [0.2, 0.25) is 0 Å². The summed E-state index contributed by atoms with van der Waals surface area (Å²) in [4.78, 5) is 0. The predicted octanol–water partition coefficient (Wildman–Crippen LogP) is 2.88. The van der Waals surface area contributed by atoms with Gasteiger partial charge in [0.2, 0.25) is 0 Å². The first kappa shape index (κ1) is 11.9. The summed E-state index contributed by atoms with van der Waals surface area (Å²) in [6.45, 7) is 0. The van der Waals surface area contributed by atoms with Crippen molar-refractivity contribution in [3.8, 4) is 11.1 Å². The van der Waals surface area contributed by atoms with Crippen LogP contribution in [0, 0.1) is 5.82 Å². The molecule has 0 saturated heterocycles. The second-order valence-electron chi connectivity index (χ2n) is 4.39. The molecule has 0 amide bonds. The lowest BCUT2D eigenvalue weighted by molar-refractivity contribution is 0.614. The van der Waals surface area contributed by atoms with Gasteiger partial charge >= 0.3 is 7.48 Å². The van der Waals surface area contributed by atoms with Crippen molar-refractivity contribution in [1.82, 2.24) is 0 Å². The van der Waals surface area contributed by atoms with Crippen molar-refractivity contribution in [3.05, 3.63) is 66.5 Å². The zero-order valence-corrected chi connectivity index (χ0v) is 10.2. The summed E-state index contributed by atoms with van der Waals surface area (Å²) in [5.74, 6) is -0.312. The predicted molar refractivity (Wildman–Crippen MR) is 76.9 cm³/mol. The largest absolute Gasteiger partial charge is 0.450 e. The van der Waals surface area contributed by atoms with Gasteiger partial charge in [-0.15, -0.1) is 0 Å². The Hall–Kier alpha value is -2.13. The van der Waals surface area contributed by atoms with Gasteiger partial charge in [-0.05, 0) is 39.5 Å². The average Bonchev–Trinajstić information content (AvgIpc) is 2.46. The molecule has 0 aliphatic carbocycles. The van der Waals surface area contributed by atoms with Crippen LogP contribution in [0.1, 0.15) is 0 Å². The van der Waals surface area contributed by atoms with Crippen molar-refractivity contribution < 1.29 is 9.41 Å². The monoisotopic (exact) mass is 249 g/mol. The van der Waals surface area contributed by atoms with Crippen LogP contribution >= 0.6 is 0 Å². The summed E-state index contributed by atoms with van der Waals surface area (Å²) in [6, 6.07) is 18.2. The molecule has 0 heterocycles. The maximum atomic E-state index is 13.5. The van der Waals surface area contributed by atoms with E-state index >= 15 is 0 Å². The molecule has 0 unspecified atom stereocenters. The van der Waals surface area contributed by atoms with E-state index in [9.17, 15) is 9.41 Å². The van der Waals surface area contributed by atoms with E-state index in [1.807, 2.05) is 42.5 Å². The Labute approximate surface area is 111 Å². The number of rotatable bonds is 2. The minimum atomic E-state index is -0.312. The lowest BCUT2D eigenvalue weighted by Gasteiger charge is -2.10. The van der Waals surface area contributed by atoms with Crippen molar-refractivity contribution >= 4 is 23.7 Å². The molecule has 3 aromatic carbocycles. The molecule has 0 aromatic heterocycles. The number of halogens is 1. The Balaban J connectivity index is 2.33. The standard InChI is InChI=1S/C16H11BFO/c18-12-8-9-16(17-19)15(10-12)14-7-3-5-11-4-1-2-6-13(11)14/h1-10,19H. The van der Waals surface area contributed by atoms with Crippen molar-refractivity contribution in [3.63, 3.8) is 0 Å². The van der Waals surface area contributed by atoms with Crippen molar-refractivity contribution in [2.45, 2.75) is 0 Å². The Kier molecular flexibility index (Phi) is 3.06. The van der Waals surface area contributed by atoms with Crippen molar-refractivity contribution in [2.75, 3.05) is 0 Å². The second kappa shape index (κ2) is 4.86. The number of benzene rings is 3. The number of hydrogen-bond acceptors (Lipinski definition) is 1. The fourth-order valence-corrected chi connectivity index (χ4v) is 2.33. The highest BCUT2D eigenvalue weighted by molar-refractivity contribution is 6.48. The maximum Gasteiger partial charge on any atom is 0.327 e. The molecule has 3 rings (SSSR count). The van der Waals surface area contributed by atoms with Gasteiger partial charge < -0.3 is 5.02 Å². The van der Waals surface area contributed by atoms with Crippen LogP contribution in [-0.4, -0.2) is 12.5 Å². The highest BCUT2D eigenvalue weighted by Crippen LogP contribution is 2.27. The Bertz CT molecular complexity index is 734. The van der Waals surface area contributed by atoms with E-state index in [4.69, 9.17) is 0 Å². The zero-order valence-electron chi connectivity index (χ0n) is 10.2. The van der Waals surface area contributed by atoms with Crippen LogP contribution in [0.5, 0.6) is 0 Å². The van der Waals surface area contributed by atoms with Crippen molar-refractivity contribution in [2.24, 2.45) is 0 Å². The lowest BCUT2D eigenvalue weighted by atomic mass is 9.81. The van der Waals surface area contributed by atoms with Crippen LogP contribution in [-0.2, 0) is 0 Å². The van der Waals surface area contributed by atoms with Gasteiger partial charge in [-0.3, -0.25) is 0 Å². The third-order valence-corrected chi connectivity index (χ3v) is 3.23. The minimum Gasteiger partial charge on any atom is -0.450 e. The van der Waals surface area contributed by atoms with Gasteiger partial charge in [-0.1, -0.05) is 48.5 Å². The van der Waals surface area contributed by atoms with Crippen LogP contribution in [0.15, 0.2) is 60.7 Å². The highest BCUT2D eigenvalue weighted by atomic mass is 19.1. The summed E-state index contributed by atoms with van der Waals surface area (Å²) in [5, 5.41) is 11.4. The Morgan fingerprint density at radius 2 is 1.63 bits per heavy atom. The fourth-order valence-electron chi connectivity index (χ4n) is 2.33. The van der Waals surface area contributed by atoms with Gasteiger partial charge in [0.05, 0.1) is 0 Å². The normalized spacial score (nSPS) is 10.6. The number of hydrogen-bond donors (Lipinski definition) is 1. The topological polar surface area (TPSA) is 20.2 Å². The molecule has 1 nitrogen and oxygen atoms in total. The molecule has 3 aromatic rings. The first-order valence-electron chi connectivity index (χ1n) is 6.05. The zero-order chi connectivity index (χ0) is 13.2. The summed E-state index contributed by atoms with van der Waals surface area (Å²) < 4.78 is 13.5. The summed E-state index contributed by atoms with van der Waals surface area (Å²) in [7, 11) is 1.01. The second-order valence-corrected chi connectivity index (χ2v) is 4.39.